The van der Waals surface area contributed by atoms with E-state index in [2.05, 4.69) is 20.1 Å². The minimum Gasteiger partial charge on any atom is -0.392 e. The fraction of sp³-hybridized carbons (Fsp3) is 0.250. The van der Waals surface area contributed by atoms with Crippen molar-refractivity contribution in [2.75, 3.05) is 17.2 Å². The molecule has 1 aliphatic heterocycles. The molecule has 43 heavy (non-hydrogen) atoms. The van der Waals surface area contributed by atoms with Crippen molar-refractivity contribution in [3.8, 4) is 11.4 Å². The number of nitrogen functional groups attached to an aromatic ring is 1. The highest BCUT2D eigenvalue weighted by atomic mass is 19.1. The molecule has 0 saturated heterocycles. The molecule has 216 valence electrons. The lowest BCUT2D eigenvalue weighted by molar-refractivity contribution is 0.0976. The second kappa shape index (κ2) is 11.0. The first-order valence-corrected chi connectivity index (χ1v) is 14.2. The standard InChI is InChI=1S/C32H29FN8O2/c33-26-14-23(21-7-8-21)13-22-9-10-41(31(43)29(22)26)27-6-2-5-24(25(27)16-42)30-37-28(38-32(34)39-30)12-19-3-1-4-20(11-19)15-40-18-35-17-36-40/h1-6,11,13-14,17-18,21,42H,7-10,12,15-16H2,(H2,34,37,38,39). The number of nitrogens with zero attached hydrogens (tertiary/aromatic N) is 7. The predicted molar refractivity (Wildman–Crippen MR) is 158 cm³/mol. The Hall–Kier alpha value is -5.03. The maximum atomic E-state index is 15.2. The fourth-order valence-corrected chi connectivity index (χ4v) is 5.84. The van der Waals surface area contributed by atoms with E-state index < -0.39 is 11.7 Å². The molecule has 1 fully saturated rings. The summed E-state index contributed by atoms with van der Waals surface area (Å²) in [4.78, 5) is 32.6. The Balaban J connectivity index is 1.19. The number of anilines is 2. The summed E-state index contributed by atoms with van der Waals surface area (Å²) in [5, 5.41) is 14.7. The lowest BCUT2D eigenvalue weighted by atomic mass is 9.93. The van der Waals surface area contributed by atoms with Gasteiger partial charge >= 0.3 is 0 Å². The highest BCUT2D eigenvalue weighted by Crippen LogP contribution is 2.42. The number of aliphatic hydroxyl groups is 1. The van der Waals surface area contributed by atoms with E-state index in [1.54, 1.807) is 29.2 Å². The summed E-state index contributed by atoms with van der Waals surface area (Å²) >= 11 is 0. The topological polar surface area (TPSA) is 136 Å². The van der Waals surface area contributed by atoms with E-state index in [0.29, 0.717) is 54.5 Å². The van der Waals surface area contributed by atoms with Crippen molar-refractivity contribution in [2.45, 2.75) is 44.8 Å². The third-order valence-corrected chi connectivity index (χ3v) is 8.01. The molecular formula is C32H29FN8O2. The number of benzene rings is 3. The third-order valence-electron chi connectivity index (χ3n) is 8.01. The number of aromatic nitrogens is 6. The molecule has 0 spiro atoms. The van der Waals surface area contributed by atoms with Gasteiger partial charge in [-0.1, -0.05) is 42.5 Å². The van der Waals surface area contributed by atoms with E-state index in [9.17, 15) is 9.90 Å². The largest absolute Gasteiger partial charge is 0.392 e. The van der Waals surface area contributed by atoms with E-state index in [1.165, 1.54) is 17.3 Å². The second-order valence-electron chi connectivity index (χ2n) is 11.0. The van der Waals surface area contributed by atoms with E-state index >= 15 is 4.39 Å². The average Bonchev–Trinajstić information content (AvgIpc) is 3.73. The number of halogens is 1. The van der Waals surface area contributed by atoms with Gasteiger partial charge in [0.1, 0.15) is 24.3 Å². The zero-order valence-corrected chi connectivity index (χ0v) is 23.3. The van der Waals surface area contributed by atoms with Gasteiger partial charge in [-0.15, -0.1) is 0 Å². The third kappa shape index (κ3) is 5.35. The number of carbonyl (C=O) groups is 1. The first-order chi connectivity index (χ1) is 21.0. The molecule has 1 amide bonds. The summed E-state index contributed by atoms with van der Waals surface area (Å²) in [7, 11) is 0. The predicted octanol–water partition coefficient (Wildman–Crippen LogP) is 4.06. The maximum absolute atomic E-state index is 15.2. The first-order valence-electron chi connectivity index (χ1n) is 14.2. The van der Waals surface area contributed by atoms with Gasteiger partial charge in [0.05, 0.1) is 24.4 Å². The number of nitrogens with two attached hydrogens (primary N) is 1. The highest BCUT2D eigenvalue weighted by Gasteiger charge is 2.33. The number of aliphatic hydroxyl groups excluding tert-OH is 1. The van der Waals surface area contributed by atoms with Crippen LogP contribution in [0, 0.1) is 5.82 Å². The van der Waals surface area contributed by atoms with Crippen molar-refractivity contribution in [1.29, 1.82) is 0 Å². The van der Waals surface area contributed by atoms with Gasteiger partial charge < -0.3 is 15.7 Å². The first kappa shape index (κ1) is 26.8. The van der Waals surface area contributed by atoms with Crippen LogP contribution >= 0.6 is 0 Å². The lowest BCUT2D eigenvalue weighted by Crippen LogP contribution is -2.39. The normalized spacial score (nSPS) is 14.7. The van der Waals surface area contributed by atoms with Crippen molar-refractivity contribution < 1.29 is 14.3 Å². The number of hydrogen-bond donors (Lipinski definition) is 2. The van der Waals surface area contributed by atoms with E-state index in [1.807, 2.05) is 30.3 Å². The van der Waals surface area contributed by atoms with Gasteiger partial charge in [-0.2, -0.15) is 15.1 Å². The Morgan fingerprint density at radius 2 is 1.86 bits per heavy atom. The van der Waals surface area contributed by atoms with Gasteiger partial charge in [-0.25, -0.2) is 19.0 Å². The maximum Gasteiger partial charge on any atom is 0.261 e. The molecule has 3 heterocycles. The summed E-state index contributed by atoms with van der Waals surface area (Å²) in [6.45, 7) is 0.568. The monoisotopic (exact) mass is 576 g/mol. The number of hydrogen-bond acceptors (Lipinski definition) is 8. The summed E-state index contributed by atoms with van der Waals surface area (Å²) in [6, 6.07) is 16.8. The smallest absolute Gasteiger partial charge is 0.261 e. The molecule has 5 aromatic rings. The van der Waals surface area contributed by atoms with Crippen LogP contribution in [0.5, 0.6) is 0 Å². The molecule has 1 saturated carbocycles. The summed E-state index contributed by atoms with van der Waals surface area (Å²) < 4.78 is 17.0. The molecule has 2 aliphatic rings. The number of fused-ring (bicyclic) bond motifs is 1. The van der Waals surface area contributed by atoms with E-state index in [0.717, 1.165) is 35.1 Å². The van der Waals surface area contributed by atoms with Crippen LogP contribution in [0.15, 0.2) is 67.3 Å². The van der Waals surface area contributed by atoms with Crippen LogP contribution in [0.1, 0.15) is 62.8 Å². The Morgan fingerprint density at radius 3 is 2.65 bits per heavy atom. The summed E-state index contributed by atoms with van der Waals surface area (Å²) in [5.41, 5.74) is 11.4. The molecule has 11 heteroatoms. The summed E-state index contributed by atoms with van der Waals surface area (Å²) in [6.07, 6.45) is 6.21. The number of amides is 1. The van der Waals surface area contributed by atoms with Gasteiger partial charge in [-0.05, 0) is 59.6 Å². The van der Waals surface area contributed by atoms with Gasteiger partial charge in [0, 0.05) is 24.1 Å². The SMILES string of the molecule is Nc1nc(Cc2cccc(Cn3cncn3)c2)nc(-c2cccc(N3CCc4cc(C5CC5)cc(F)c4C3=O)c2CO)n1. The molecule has 3 aromatic carbocycles. The molecule has 2 aromatic heterocycles. The van der Waals surface area contributed by atoms with Crippen LogP contribution in [-0.2, 0) is 26.0 Å². The molecule has 0 unspecified atom stereocenters. The zero-order valence-electron chi connectivity index (χ0n) is 23.3. The zero-order chi connectivity index (χ0) is 29.5. The molecule has 10 nitrogen and oxygen atoms in total. The van der Waals surface area contributed by atoms with Gasteiger partial charge in [0.2, 0.25) is 5.95 Å². The molecule has 0 radical (unpaired) electrons. The Kier molecular flexibility index (Phi) is 6.86. The van der Waals surface area contributed by atoms with Crippen LogP contribution < -0.4 is 10.6 Å². The minimum absolute atomic E-state index is 0.0459. The molecule has 3 N–H and O–H groups in total. The highest BCUT2D eigenvalue weighted by molar-refractivity contribution is 6.09. The lowest BCUT2D eigenvalue weighted by Gasteiger charge is -2.31. The molecule has 0 atom stereocenters. The summed E-state index contributed by atoms with van der Waals surface area (Å²) in [5.74, 6) is 0.283. The van der Waals surface area contributed by atoms with E-state index in [-0.39, 0.29) is 23.9 Å². The minimum atomic E-state index is -0.490. The van der Waals surface area contributed by atoms with Crippen molar-refractivity contribution in [1.82, 2.24) is 29.7 Å². The van der Waals surface area contributed by atoms with Crippen LogP contribution in [0.2, 0.25) is 0 Å². The van der Waals surface area contributed by atoms with Crippen molar-refractivity contribution in [3.05, 3.63) is 112 Å². The quantitative estimate of drug-likeness (QED) is 0.282. The van der Waals surface area contributed by atoms with Crippen LogP contribution in [0.25, 0.3) is 11.4 Å². The molecule has 7 rings (SSSR count). The van der Waals surface area contributed by atoms with Gasteiger partial charge in [0.15, 0.2) is 5.82 Å². The Morgan fingerprint density at radius 1 is 1.02 bits per heavy atom. The van der Waals surface area contributed by atoms with Gasteiger partial charge in [-0.3, -0.25) is 4.79 Å². The van der Waals surface area contributed by atoms with Crippen molar-refractivity contribution >= 4 is 17.5 Å². The van der Waals surface area contributed by atoms with Crippen LogP contribution in [0.4, 0.5) is 16.0 Å². The molecular weight excluding hydrogens is 547 g/mol. The Bertz CT molecular complexity index is 1840. The van der Waals surface area contributed by atoms with Crippen LogP contribution in [-0.4, -0.2) is 47.3 Å². The molecule has 1 aliphatic carbocycles. The van der Waals surface area contributed by atoms with Crippen molar-refractivity contribution in [3.63, 3.8) is 0 Å². The van der Waals surface area contributed by atoms with Crippen molar-refractivity contribution in [2.24, 2.45) is 0 Å². The van der Waals surface area contributed by atoms with Crippen LogP contribution in [0.3, 0.4) is 0 Å². The van der Waals surface area contributed by atoms with E-state index in [4.69, 9.17) is 10.7 Å². The fourth-order valence-electron chi connectivity index (χ4n) is 5.84. The van der Waals surface area contributed by atoms with Gasteiger partial charge in [0.25, 0.3) is 5.91 Å². The second-order valence-corrected chi connectivity index (χ2v) is 11.0. The number of carbonyl (C=O) groups excluding carboxylic acids is 1. The average molecular weight is 577 g/mol. The molecule has 0 bridgehead atoms. The Labute approximate surface area is 247 Å². The number of rotatable bonds is 8.